The average molecular weight is 238 g/mol. The fourth-order valence-electron chi connectivity index (χ4n) is 1.50. The smallest absolute Gasteiger partial charge is 0.290 e. The second-order valence-corrected chi connectivity index (χ2v) is 4.10. The predicted molar refractivity (Wildman–Crippen MR) is 64.8 cm³/mol. The monoisotopic (exact) mass is 237 g/mol. The predicted octanol–water partition coefficient (Wildman–Crippen LogP) is 1.77. The van der Waals surface area contributed by atoms with E-state index in [0.29, 0.717) is 17.3 Å². The zero-order valence-electron chi connectivity index (χ0n) is 8.83. The van der Waals surface area contributed by atoms with Crippen LogP contribution < -0.4 is 11.3 Å². The number of aromatic amines is 1. The number of H-pyrrole nitrogens is 1. The number of benzene rings is 1. The molecule has 0 aliphatic heterocycles. The molecule has 84 valence electrons. The molecule has 2 aromatic rings. The number of nitrogens with one attached hydrogen (secondary N) is 1. The molecule has 0 amide bonds. The van der Waals surface area contributed by atoms with Crippen molar-refractivity contribution < 1.29 is 0 Å². The Kier molecular flexibility index (Phi) is 2.75. The Morgan fingerprint density at radius 2 is 2.00 bits per heavy atom. The van der Waals surface area contributed by atoms with Crippen molar-refractivity contribution in [1.29, 1.82) is 0 Å². The molecule has 0 fully saturated rings. The van der Waals surface area contributed by atoms with E-state index in [2.05, 4.69) is 5.10 Å². The number of nitrogens with zero attached hydrogens (tertiary/aromatic N) is 1. The van der Waals surface area contributed by atoms with Crippen LogP contribution in [0.15, 0.2) is 29.1 Å². The van der Waals surface area contributed by atoms with E-state index >= 15 is 0 Å². The first-order chi connectivity index (χ1) is 7.58. The van der Waals surface area contributed by atoms with Crippen LogP contribution in [0.2, 0.25) is 5.02 Å². The highest BCUT2D eigenvalue weighted by atomic mass is 35.5. The first kappa shape index (κ1) is 10.8. The van der Waals surface area contributed by atoms with Crippen molar-refractivity contribution in [1.82, 2.24) is 9.78 Å². The molecule has 0 saturated carbocycles. The van der Waals surface area contributed by atoms with Crippen LogP contribution >= 0.6 is 11.6 Å². The molecular weight excluding hydrogens is 226 g/mol. The van der Waals surface area contributed by atoms with Gasteiger partial charge in [0.15, 0.2) is 0 Å². The van der Waals surface area contributed by atoms with Gasteiger partial charge in [-0.1, -0.05) is 23.7 Å². The molecule has 16 heavy (non-hydrogen) atoms. The molecule has 0 atom stereocenters. The number of halogens is 1. The Morgan fingerprint density at radius 3 is 2.50 bits per heavy atom. The summed E-state index contributed by atoms with van der Waals surface area (Å²) in [4.78, 5) is 11.6. The van der Waals surface area contributed by atoms with Gasteiger partial charge >= 0.3 is 0 Å². The average Bonchev–Trinajstić information content (AvgIpc) is 2.50. The minimum Gasteiger partial charge on any atom is -0.393 e. The zero-order chi connectivity index (χ0) is 11.7. The topological polar surface area (TPSA) is 63.8 Å². The largest absolute Gasteiger partial charge is 0.393 e. The molecule has 2 rings (SSSR count). The first-order valence-electron chi connectivity index (χ1n) is 4.87. The molecule has 0 bridgehead atoms. The number of hydrogen-bond donors (Lipinski definition) is 2. The van der Waals surface area contributed by atoms with Gasteiger partial charge in [0.25, 0.3) is 5.56 Å². The van der Waals surface area contributed by atoms with Gasteiger partial charge in [0.1, 0.15) is 5.69 Å². The summed E-state index contributed by atoms with van der Waals surface area (Å²) >= 11 is 5.78. The molecule has 0 saturated heterocycles. The number of nitrogen functional groups attached to an aromatic ring is 1. The minimum absolute atomic E-state index is 0.188. The third-order valence-electron chi connectivity index (χ3n) is 2.44. The Hall–Kier alpha value is -1.68. The van der Waals surface area contributed by atoms with Crippen LogP contribution in [0.25, 0.3) is 0 Å². The van der Waals surface area contributed by atoms with Crippen molar-refractivity contribution in [2.75, 3.05) is 5.73 Å². The third kappa shape index (κ3) is 1.97. The van der Waals surface area contributed by atoms with Crippen molar-refractivity contribution in [3.8, 4) is 0 Å². The third-order valence-corrected chi connectivity index (χ3v) is 2.69. The maximum atomic E-state index is 11.6. The van der Waals surface area contributed by atoms with E-state index in [1.54, 1.807) is 19.1 Å². The highest BCUT2D eigenvalue weighted by Crippen LogP contribution is 2.10. The molecule has 1 heterocycles. The molecule has 0 radical (unpaired) electrons. The highest BCUT2D eigenvalue weighted by Gasteiger charge is 2.07. The van der Waals surface area contributed by atoms with Gasteiger partial charge < -0.3 is 5.73 Å². The van der Waals surface area contributed by atoms with Crippen molar-refractivity contribution in [3.63, 3.8) is 0 Å². The van der Waals surface area contributed by atoms with Crippen molar-refractivity contribution in [2.45, 2.75) is 13.5 Å². The first-order valence-corrected chi connectivity index (χ1v) is 5.25. The summed E-state index contributed by atoms with van der Waals surface area (Å²) in [6, 6.07) is 7.34. The van der Waals surface area contributed by atoms with Gasteiger partial charge in [-0.3, -0.25) is 9.89 Å². The molecule has 1 aromatic carbocycles. The van der Waals surface area contributed by atoms with E-state index in [-0.39, 0.29) is 11.2 Å². The molecule has 5 heteroatoms. The second-order valence-electron chi connectivity index (χ2n) is 3.67. The molecule has 0 aliphatic carbocycles. The van der Waals surface area contributed by atoms with E-state index in [1.807, 2.05) is 12.1 Å². The lowest BCUT2D eigenvalue weighted by molar-refractivity contribution is 0.658. The van der Waals surface area contributed by atoms with E-state index in [0.717, 1.165) is 5.56 Å². The SMILES string of the molecule is Cc1[nH]n(Cc2ccc(Cl)cc2)c(=O)c1N. The van der Waals surface area contributed by atoms with Crippen LogP contribution in [0, 0.1) is 6.92 Å². The lowest BCUT2D eigenvalue weighted by Crippen LogP contribution is -2.19. The van der Waals surface area contributed by atoms with E-state index in [1.165, 1.54) is 4.68 Å². The Balaban J connectivity index is 2.30. The number of hydrogen-bond acceptors (Lipinski definition) is 2. The molecule has 0 aliphatic rings. The zero-order valence-corrected chi connectivity index (χ0v) is 9.58. The number of rotatable bonds is 2. The lowest BCUT2D eigenvalue weighted by Gasteiger charge is -2.01. The summed E-state index contributed by atoms with van der Waals surface area (Å²) in [5.41, 5.74) is 7.37. The summed E-state index contributed by atoms with van der Waals surface area (Å²) in [5, 5.41) is 3.60. The van der Waals surface area contributed by atoms with Crippen molar-refractivity contribution in [2.24, 2.45) is 0 Å². The number of aryl methyl sites for hydroxylation is 1. The quantitative estimate of drug-likeness (QED) is 0.836. The van der Waals surface area contributed by atoms with E-state index in [4.69, 9.17) is 17.3 Å². The Bertz CT molecular complexity index is 554. The second kappa shape index (κ2) is 4.06. The standard InChI is InChI=1S/C11H12ClN3O/c1-7-10(13)11(16)15(14-7)6-8-2-4-9(12)5-3-8/h2-5,14H,6,13H2,1H3. The molecule has 1 aromatic heterocycles. The number of anilines is 1. The van der Waals surface area contributed by atoms with Gasteiger partial charge in [0.2, 0.25) is 0 Å². The lowest BCUT2D eigenvalue weighted by atomic mass is 10.2. The summed E-state index contributed by atoms with van der Waals surface area (Å²) < 4.78 is 1.48. The van der Waals surface area contributed by atoms with Gasteiger partial charge in [0.05, 0.1) is 12.2 Å². The summed E-state index contributed by atoms with van der Waals surface area (Å²) in [6.45, 7) is 2.24. The molecule has 0 spiro atoms. The summed E-state index contributed by atoms with van der Waals surface area (Å²) in [6.07, 6.45) is 0. The van der Waals surface area contributed by atoms with Crippen LogP contribution in [0.5, 0.6) is 0 Å². The van der Waals surface area contributed by atoms with E-state index < -0.39 is 0 Å². The number of aromatic nitrogens is 2. The molecule has 4 nitrogen and oxygen atoms in total. The summed E-state index contributed by atoms with van der Waals surface area (Å²) in [5.74, 6) is 0. The van der Waals surface area contributed by atoms with Crippen LogP contribution in [0.3, 0.4) is 0 Å². The molecule has 0 unspecified atom stereocenters. The van der Waals surface area contributed by atoms with Gasteiger partial charge in [-0.15, -0.1) is 0 Å². The van der Waals surface area contributed by atoms with Gasteiger partial charge in [-0.05, 0) is 24.6 Å². The van der Waals surface area contributed by atoms with Gasteiger partial charge in [-0.25, -0.2) is 4.68 Å². The van der Waals surface area contributed by atoms with Gasteiger partial charge in [-0.2, -0.15) is 0 Å². The van der Waals surface area contributed by atoms with Crippen LogP contribution in [-0.4, -0.2) is 9.78 Å². The Labute approximate surface area is 97.6 Å². The highest BCUT2D eigenvalue weighted by molar-refractivity contribution is 6.30. The Morgan fingerprint density at radius 1 is 1.38 bits per heavy atom. The van der Waals surface area contributed by atoms with E-state index in [9.17, 15) is 4.79 Å². The fraction of sp³-hybridized carbons (Fsp3) is 0.182. The van der Waals surface area contributed by atoms with Crippen molar-refractivity contribution in [3.05, 3.63) is 50.9 Å². The maximum Gasteiger partial charge on any atom is 0.290 e. The minimum atomic E-state index is -0.188. The normalized spacial score (nSPS) is 10.6. The number of nitrogens with two attached hydrogens (primary N) is 1. The van der Waals surface area contributed by atoms with Crippen LogP contribution in [-0.2, 0) is 6.54 Å². The fourth-order valence-corrected chi connectivity index (χ4v) is 1.63. The van der Waals surface area contributed by atoms with Crippen LogP contribution in [0.4, 0.5) is 5.69 Å². The van der Waals surface area contributed by atoms with Crippen molar-refractivity contribution >= 4 is 17.3 Å². The van der Waals surface area contributed by atoms with Gasteiger partial charge in [0, 0.05) is 5.02 Å². The summed E-state index contributed by atoms with van der Waals surface area (Å²) in [7, 11) is 0. The molecule has 3 N–H and O–H groups in total. The molecular formula is C11H12ClN3O. The maximum absolute atomic E-state index is 11.6. The van der Waals surface area contributed by atoms with Crippen LogP contribution in [0.1, 0.15) is 11.3 Å².